The number of hydrogen-bond donors (Lipinski definition) is 0. The van der Waals surface area contributed by atoms with Gasteiger partial charge in [-0.2, -0.15) is 0 Å². The van der Waals surface area contributed by atoms with E-state index in [4.69, 9.17) is 11.6 Å². The van der Waals surface area contributed by atoms with E-state index in [-0.39, 0.29) is 4.75 Å². The largest absolute Gasteiger partial charge is 0.336 e. The van der Waals surface area contributed by atoms with Crippen LogP contribution in [0.25, 0.3) is 0 Å². The molecule has 0 saturated heterocycles. The molecule has 1 heterocycles. The fourth-order valence-corrected chi connectivity index (χ4v) is 4.79. The number of nitrogens with zero attached hydrogens (tertiary/aromatic N) is 2. The van der Waals surface area contributed by atoms with E-state index in [2.05, 4.69) is 77.8 Å². The summed E-state index contributed by atoms with van der Waals surface area (Å²) in [5, 5.41) is 0.803. The van der Waals surface area contributed by atoms with Crippen molar-refractivity contribution in [3.8, 4) is 0 Å². The van der Waals surface area contributed by atoms with Crippen molar-refractivity contribution >= 4 is 23.4 Å². The van der Waals surface area contributed by atoms with Gasteiger partial charge >= 0.3 is 0 Å². The zero-order chi connectivity index (χ0) is 19.1. The Morgan fingerprint density at radius 3 is 2.59 bits per heavy atom. The van der Waals surface area contributed by atoms with Crippen molar-refractivity contribution in [1.82, 2.24) is 9.55 Å². The fourth-order valence-electron chi connectivity index (χ4n) is 3.30. The molecular weight excluding hydrogens is 372 g/mol. The van der Waals surface area contributed by atoms with Gasteiger partial charge in [0.15, 0.2) is 0 Å². The van der Waals surface area contributed by atoms with Gasteiger partial charge in [0.25, 0.3) is 0 Å². The number of benzene rings is 2. The highest BCUT2D eigenvalue weighted by molar-refractivity contribution is 7.99. The first-order chi connectivity index (χ1) is 13.0. The second-order valence-corrected chi connectivity index (χ2v) is 9.38. The molecular formula is C23H27ClN2S. The Morgan fingerprint density at radius 1 is 1.11 bits per heavy atom. The lowest BCUT2D eigenvalue weighted by Gasteiger charge is -2.30. The third kappa shape index (κ3) is 6.15. The minimum absolute atomic E-state index is 0.162. The van der Waals surface area contributed by atoms with E-state index in [0.29, 0.717) is 0 Å². The molecule has 0 aliphatic carbocycles. The van der Waals surface area contributed by atoms with Crippen molar-refractivity contribution < 1.29 is 0 Å². The highest BCUT2D eigenvalue weighted by atomic mass is 35.5. The molecule has 2 nitrogen and oxygen atoms in total. The van der Waals surface area contributed by atoms with E-state index in [9.17, 15) is 0 Å². The van der Waals surface area contributed by atoms with Gasteiger partial charge in [-0.1, -0.05) is 48.0 Å². The van der Waals surface area contributed by atoms with Crippen LogP contribution in [0.4, 0.5) is 0 Å². The molecule has 0 amide bonds. The number of imidazole rings is 1. The molecule has 1 aromatic heterocycles. The second-order valence-electron chi connectivity index (χ2n) is 7.38. The van der Waals surface area contributed by atoms with Gasteiger partial charge in [0.05, 0.1) is 6.33 Å². The van der Waals surface area contributed by atoms with Crippen LogP contribution in [0.3, 0.4) is 0 Å². The van der Waals surface area contributed by atoms with E-state index in [0.717, 1.165) is 36.6 Å². The first-order valence-corrected chi connectivity index (χ1v) is 10.8. The van der Waals surface area contributed by atoms with E-state index >= 15 is 0 Å². The Balaban J connectivity index is 1.63. The lowest BCUT2D eigenvalue weighted by atomic mass is 10.00. The standard InChI is InChI=1S/C23H27ClN2S/c1-19-6-3-4-8-21(19)16-27-23(2,17-26-15-14-25-18-26)13-5-7-20-9-11-22(24)12-10-20/h3-4,6,8-12,14-15,18H,5,7,13,16-17H2,1-2H3. The van der Waals surface area contributed by atoms with Crippen molar-refractivity contribution in [3.05, 3.63) is 89.0 Å². The molecule has 0 aliphatic rings. The zero-order valence-corrected chi connectivity index (χ0v) is 17.6. The van der Waals surface area contributed by atoms with E-state index in [1.54, 1.807) is 0 Å². The van der Waals surface area contributed by atoms with Crippen molar-refractivity contribution in [3.63, 3.8) is 0 Å². The van der Waals surface area contributed by atoms with Crippen LogP contribution >= 0.6 is 23.4 Å². The lowest BCUT2D eigenvalue weighted by molar-refractivity contribution is 0.480. The Hall–Kier alpha value is -1.71. The molecule has 1 unspecified atom stereocenters. The van der Waals surface area contributed by atoms with Crippen molar-refractivity contribution in [2.45, 2.75) is 50.2 Å². The zero-order valence-electron chi connectivity index (χ0n) is 16.1. The second kappa shape index (κ2) is 9.48. The normalized spacial score (nSPS) is 13.4. The molecule has 142 valence electrons. The molecule has 3 aromatic rings. The van der Waals surface area contributed by atoms with Crippen LogP contribution in [-0.2, 0) is 18.7 Å². The highest BCUT2D eigenvalue weighted by Gasteiger charge is 2.25. The summed E-state index contributed by atoms with van der Waals surface area (Å²) in [6.07, 6.45) is 9.25. The molecule has 1 atom stereocenters. The van der Waals surface area contributed by atoms with Crippen LogP contribution in [0, 0.1) is 6.92 Å². The maximum Gasteiger partial charge on any atom is 0.0946 e. The topological polar surface area (TPSA) is 17.8 Å². The smallest absolute Gasteiger partial charge is 0.0946 e. The lowest BCUT2D eigenvalue weighted by Crippen LogP contribution is -2.27. The van der Waals surface area contributed by atoms with Gasteiger partial charge in [0, 0.05) is 34.5 Å². The van der Waals surface area contributed by atoms with Crippen LogP contribution in [0.2, 0.25) is 5.02 Å². The summed E-state index contributed by atoms with van der Waals surface area (Å²) in [5.41, 5.74) is 4.15. The number of hydrogen-bond acceptors (Lipinski definition) is 2. The van der Waals surface area contributed by atoms with Gasteiger partial charge in [-0.15, -0.1) is 11.8 Å². The molecule has 0 radical (unpaired) electrons. The fraction of sp³-hybridized carbons (Fsp3) is 0.348. The van der Waals surface area contributed by atoms with Crippen LogP contribution in [0.5, 0.6) is 0 Å². The van der Waals surface area contributed by atoms with Crippen molar-refractivity contribution in [1.29, 1.82) is 0 Å². The van der Waals surface area contributed by atoms with Gasteiger partial charge < -0.3 is 4.57 Å². The first kappa shape index (κ1) is 20.0. The minimum atomic E-state index is 0.162. The summed E-state index contributed by atoms with van der Waals surface area (Å²) in [4.78, 5) is 4.22. The highest BCUT2D eigenvalue weighted by Crippen LogP contribution is 2.35. The first-order valence-electron chi connectivity index (χ1n) is 9.43. The molecule has 27 heavy (non-hydrogen) atoms. The number of aryl methyl sites for hydroxylation is 2. The summed E-state index contributed by atoms with van der Waals surface area (Å²) < 4.78 is 2.36. The number of rotatable bonds is 9. The van der Waals surface area contributed by atoms with Gasteiger partial charge in [0.2, 0.25) is 0 Å². The number of thioether (sulfide) groups is 1. The summed E-state index contributed by atoms with van der Waals surface area (Å²) in [6.45, 7) is 5.56. The van der Waals surface area contributed by atoms with Gasteiger partial charge in [-0.3, -0.25) is 0 Å². The third-order valence-corrected chi connectivity index (χ3v) is 6.74. The Morgan fingerprint density at radius 2 is 1.89 bits per heavy atom. The molecule has 3 rings (SSSR count). The molecule has 0 spiro atoms. The summed E-state index contributed by atoms with van der Waals surface area (Å²) >= 11 is 8.06. The Bertz CT molecular complexity index is 830. The number of halogens is 1. The van der Waals surface area contributed by atoms with Crippen LogP contribution in [0.15, 0.2) is 67.3 Å². The average molecular weight is 399 g/mol. The van der Waals surface area contributed by atoms with Gasteiger partial charge in [-0.25, -0.2) is 4.98 Å². The maximum absolute atomic E-state index is 6.00. The van der Waals surface area contributed by atoms with Gasteiger partial charge in [-0.05, 0) is 61.9 Å². The van der Waals surface area contributed by atoms with Crippen molar-refractivity contribution in [2.75, 3.05) is 0 Å². The monoisotopic (exact) mass is 398 g/mol. The number of aromatic nitrogens is 2. The molecule has 0 fully saturated rings. The van der Waals surface area contributed by atoms with E-state index in [1.165, 1.54) is 16.7 Å². The molecule has 0 N–H and O–H groups in total. The summed E-state index contributed by atoms with van der Waals surface area (Å²) in [7, 11) is 0. The quantitative estimate of drug-likeness (QED) is 0.406. The van der Waals surface area contributed by atoms with E-state index in [1.807, 2.05) is 24.7 Å². The molecule has 2 aromatic carbocycles. The predicted molar refractivity (Wildman–Crippen MR) is 117 cm³/mol. The summed E-state index contributed by atoms with van der Waals surface area (Å²) in [5.74, 6) is 1.04. The Kier molecular flexibility index (Phi) is 7.03. The minimum Gasteiger partial charge on any atom is -0.336 e. The van der Waals surface area contributed by atoms with E-state index < -0.39 is 0 Å². The third-order valence-electron chi connectivity index (χ3n) is 5.00. The maximum atomic E-state index is 6.00. The summed E-state index contributed by atoms with van der Waals surface area (Å²) in [6, 6.07) is 16.9. The molecule has 4 heteroatoms. The Labute approximate surface area is 172 Å². The molecule has 0 saturated carbocycles. The SMILES string of the molecule is Cc1ccccc1CSC(C)(CCCc1ccc(Cl)cc1)Cn1ccnc1. The molecule has 0 bridgehead atoms. The van der Waals surface area contributed by atoms with Crippen LogP contribution in [-0.4, -0.2) is 14.3 Å². The van der Waals surface area contributed by atoms with Crippen LogP contribution in [0.1, 0.15) is 36.5 Å². The average Bonchev–Trinajstić information content (AvgIpc) is 3.15. The predicted octanol–water partition coefficient (Wildman–Crippen LogP) is 6.56. The molecule has 0 aliphatic heterocycles. The van der Waals surface area contributed by atoms with Gasteiger partial charge in [0.1, 0.15) is 0 Å². The van der Waals surface area contributed by atoms with Crippen LogP contribution < -0.4 is 0 Å². The van der Waals surface area contributed by atoms with Crippen molar-refractivity contribution in [2.24, 2.45) is 0 Å².